The van der Waals surface area contributed by atoms with E-state index in [1.807, 2.05) is 0 Å². The van der Waals surface area contributed by atoms with Gasteiger partial charge in [-0.3, -0.25) is 4.79 Å². The van der Waals surface area contributed by atoms with Gasteiger partial charge in [-0.2, -0.15) is 5.26 Å². The van der Waals surface area contributed by atoms with Crippen molar-refractivity contribution in [3.05, 3.63) is 57.3 Å². The van der Waals surface area contributed by atoms with Gasteiger partial charge in [0.05, 0.1) is 53.2 Å². The number of carbonyl (C=O) groups excluding carboxylic acids is 3. The summed E-state index contributed by atoms with van der Waals surface area (Å²) in [5.41, 5.74) is 7.25. The molecular formula is C20H21N3O5S. The number of thioether (sulfide) groups is 1. The highest BCUT2D eigenvalue weighted by molar-refractivity contribution is 8.03. The van der Waals surface area contributed by atoms with Crippen molar-refractivity contribution in [1.82, 2.24) is 5.32 Å². The topological polar surface area (TPSA) is 132 Å². The third-order valence-corrected chi connectivity index (χ3v) is 5.21. The van der Waals surface area contributed by atoms with Crippen LogP contribution in [0, 0.1) is 11.3 Å². The van der Waals surface area contributed by atoms with Gasteiger partial charge in [0.2, 0.25) is 5.91 Å². The van der Waals surface area contributed by atoms with Crippen LogP contribution < -0.4 is 11.1 Å². The Morgan fingerprint density at radius 3 is 2.41 bits per heavy atom. The summed E-state index contributed by atoms with van der Waals surface area (Å²) in [6.45, 7) is 3.57. The zero-order chi connectivity index (χ0) is 21.6. The van der Waals surface area contributed by atoms with Crippen LogP contribution in [0.15, 0.2) is 46.1 Å². The number of nitrogens with two attached hydrogens (primary N) is 1. The predicted molar refractivity (Wildman–Crippen MR) is 107 cm³/mol. The van der Waals surface area contributed by atoms with Crippen molar-refractivity contribution in [2.24, 2.45) is 5.73 Å². The van der Waals surface area contributed by atoms with E-state index in [1.54, 1.807) is 38.1 Å². The Labute approximate surface area is 172 Å². The van der Waals surface area contributed by atoms with E-state index in [1.165, 1.54) is 7.11 Å². The van der Waals surface area contributed by atoms with E-state index in [4.69, 9.17) is 15.2 Å². The van der Waals surface area contributed by atoms with Crippen molar-refractivity contribution in [3.63, 3.8) is 0 Å². The largest absolute Gasteiger partial charge is 0.465 e. The summed E-state index contributed by atoms with van der Waals surface area (Å²) >= 11 is 1.09. The van der Waals surface area contributed by atoms with Gasteiger partial charge in [0.15, 0.2) is 0 Å². The number of primary amides is 1. The number of allylic oxidation sites excluding steroid dienone is 2. The van der Waals surface area contributed by atoms with Crippen LogP contribution in [0.25, 0.3) is 0 Å². The van der Waals surface area contributed by atoms with E-state index < -0.39 is 23.8 Å². The molecular weight excluding hydrogens is 394 g/mol. The maximum Gasteiger partial charge on any atom is 0.337 e. The molecule has 1 amide bonds. The second-order valence-electron chi connectivity index (χ2n) is 6.04. The zero-order valence-corrected chi connectivity index (χ0v) is 17.1. The minimum atomic E-state index is -0.720. The van der Waals surface area contributed by atoms with Crippen molar-refractivity contribution in [2.45, 2.75) is 19.8 Å². The second-order valence-corrected chi connectivity index (χ2v) is 7.03. The molecule has 29 heavy (non-hydrogen) atoms. The van der Waals surface area contributed by atoms with Crippen molar-refractivity contribution in [3.8, 4) is 6.07 Å². The molecule has 2 rings (SSSR count). The Morgan fingerprint density at radius 2 is 1.90 bits per heavy atom. The molecule has 0 spiro atoms. The van der Waals surface area contributed by atoms with E-state index in [9.17, 15) is 19.6 Å². The number of nitriles is 1. The monoisotopic (exact) mass is 415 g/mol. The predicted octanol–water partition coefficient (Wildman–Crippen LogP) is 1.95. The van der Waals surface area contributed by atoms with Crippen molar-refractivity contribution < 1.29 is 23.9 Å². The fourth-order valence-electron chi connectivity index (χ4n) is 2.91. The van der Waals surface area contributed by atoms with Crippen LogP contribution >= 0.6 is 11.8 Å². The molecule has 1 aromatic carbocycles. The van der Waals surface area contributed by atoms with Crippen molar-refractivity contribution in [1.29, 1.82) is 5.26 Å². The first-order valence-corrected chi connectivity index (χ1v) is 9.71. The van der Waals surface area contributed by atoms with Gasteiger partial charge < -0.3 is 20.5 Å². The molecule has 1 heterocycles. The normalized spacial score (nSPS) is 16.0. The Hall–Kier alpha value is -3.25. The lowest BCUT2D eigenvalue weighted by atomic mass is 9.82. The van der Waals surface area contributed by atoms with Gasteiger partial charge in [-0.25, -0.2) is 9.59 Å². The Bertz CT molecular complexity index is 928. The molecule has 152 valence electrons. The number of esters is 2. The summed E-state index contributed by atoms with van der Waals surface area (Å²) in [5.74, 6) is -2.32. The average molecular weight is 415 g/mol. The quantitative estimate of drug-likeness (QED) is 0.646. The van der Waals surface area contributed by atoms with E-state index >= 15 is 0 Å². The van der Waals surface area contributed by atoms with Gasteiger partial charge in [-0.1, -0.05) is 23.9 Å². The lowest BCUT2D eigenvalue weighted by Crippen LogP contribution is -2.29. The number of carbonyl (C=O) groups is 3. The van der Waals surface area contributed by atoms with Crippen molar-refractivity contribution in [2.75, 3.05) is 19.5 Å². The first-order valence-electron chi connectivity index (χ1n) is 8.72. The van der Waals surface area contributed by atoms with Gasteiger partial charge in [0.25, 0.3) is 0 Å². The van der Waals surface area contributed by atoms with Gasteiger partial charge in [-0.05, 0) is 31.5 Å². The van der Waals surface area contributed by atoms with Crippen LogP contribution in [-0.4, -0.2) is 37.3 Å². The van der Waals surface area contributed by atoms with Crippen LogP contribution in [0.3, 0.4) is 0 Å². The van der Waals surface area contributed by atoms with Crippen LogP contribution in [0.5, 0.6) is 0 Å². The Balaban J connectivity index is 2.58. The molecule has 1 atom stereocenters. The molecule has 8 nitrogen and oxygen atoms in total. The van der Waals surface area contributed by atoms with E-state index in [0.717, 1.165) is 11.8 Å². The summed E-state index contributed by atoms with van der Waals surface area (Å²) in [6.07, 6.45) is 0. The summed E-state index contributed by atoms with van der Waals surface area (Å²) in [6, 6.07) is 8.57. The molecule has 0 saturated heterocycles. The number of nitrogens with one attached hydrogen (secondary N) is 1. The molecule has 3 N–H and O–H groups in total. The molecule has 1 aromatic rings. The molecule has 0 radical (unpaired) electrons. The zero-order valence-electron chi connectivity index (χ0n) is 16.3. The molecule has 1 aliphatic rings. The lowest BCUT2D eigenvalue weighted by Gasteiger charge is -2.29. The maximum absolute atomic E-state index is 12.6. The average Bonchev–Trinajstić information content (AvgIpc) is 2.71. The van der Waals surface area contributed by atoms with E-state index in [2.05, 4.69) is 11.4 Å². The first-order chi connectivity index (χ1) is 13.8. The molecule has 0 saturated carbocycles. The van der Waals surface area contributed by atoms with Gasteiger partial charge >= 0.3 is 11.9 Å². The number of dihydropyridines is 1. The third-order valence-electron chi connectivity index (χ3n) is 4.17. The highest BCUT2D eigenvalue weighted by Crippen LogP contribution is 2.41. The van der Waals surface area contributed by atoms with E-state index in [0.29, 0.717) is 21.9 Å². The van der Waals surface area contributed by atoms with Crippen LogP contribution in [0.1, 0.15) is 35.7 Å². The number of rotatable bonds is 7. The standard InChI is InChI=1S/C20H21N3O5S/c1-4-28-20(26)16-11(2)23-18(29-10-15(22)24)14(9-21)17(16)12-5-7-13(8-6-12)19(25)27-3/h5-8,17,23H,4,10H2,1-3H3,(H2,22,24). The molecule has 9 heteroatoms. The smallest absolute Gasteiger partial charge is 0.337 e. The summed E-state index contributed by atoms with van der Waals surface area (Å²) in [4.78, 5) is 35.5. The maximum atomic E-state index is 12.6. The number of nitrogens with zero attached hydrogens (tertiary/aromatic N) is 1. The highest BCUT2D eigenvalue weighted by atomic mass is 32.2. The van der Waals surface area contributed by atoms with Crippen LogP contribution in [0.4, 0.5) is 0 Å². The molecule has 0 fully saturated rings. The van der Waals surface area contributed by atoms with Crippen LogP contribution in [-0.2, 0) is 19.1 Å². The number of hydrogen-bond acceptors (Lipinski definition) is 8. The summed E-state index contributed by atoms with van der Waals surface area (Å²) in [5, 5.41) is 13.3. The fourth-order valence-corrected chi connectivity index (χ4v) is 3.74. The minimum Gasteiger partial charge on any atom is -0.465 e. The number of benzene rings is 1. The fraction of sp³-hybridized carbons (Fsp3) is 0.300. The number of hydrogen-bond donors (Lipinski definition) is 2. The van der Waals surface area contributed by atoms with Crippen molar-refractivity contribution >= 4 is 29.6 Å². The second kappa shape index (κ2) is 9.80. The minimum absolute atomic E-state index is 0.0243. The first kappa shape index (κ1) is 22.0. The lowest BCUT2D eigenvalue weighted by molar-refractivity contribution is -0.138. The number of methoxy groups -OCH3 is 1. The highest BCUT2D eigenvalue weighted by Gasteiger charge is 2.35. The molecule has 1 aliphatic heterocycles. The molecule has 0 aliphatic carbocycles. The molecule has 1 unspecified atom stereocenters. The van der Waals surface area contributed by atoms with E-state index in [-0.39, 0.29) is 23.5 Å². The Kier molecular flexibility index (Phi) is 7.45. The van der Waals surface area contributed by atoms with Gasteiger partial charge in [0.1, 0.15) is 0 Å². The number of amides is 1. The summed E-state index contributed by atoms with van der Waals surface area (Å²) < 4.78 is 9.89. The molecule has 0 bridgehead atoms. The number of ether oxygens (including phenoxy) is 2. The molecule has 0 aromatic heterocycles. The van der Waals surface area contributed by atoms with Gasteiger partial charge in [-0.15, -0.1) is 0 Å². The van der Waals surface area contributed by atoms with Gasteiger partial charge in [0, 0.05) is 5.70 Å². The third kappa shape index (κ3) is 4.97. The Morgan fingerprint density at radius 1 is 1.24 bits per heavy atom. The summed E-state index contributed by atoms with van der Waals surface area (Å²) in [7, 11) is 1.28. The SMILES string of the molecule is CCOC(=O)C1=C(C)NC(SCC(N)=O)=C(C#N)C1c1ccc(C(=O)OC)cc1. The van der Waals surface area contributed by atoms with Crippen LogP contribution in [0.2, 0.25) is 0 Å².